The standard InChI is InChI=1S/C30H23BN2/c31-23-14-18-30-28(20-23)27-19-22(13-17-29(27)32-30)21-11-15-26(16-12-21)33(24-7-3-1-4-8-24)25-9-5-2-6-10-25/h1-20,32H,31H2. The highest BCUT2D eigenvalue weighted by atomic mass is 15.1. The summed E-state index contributed by atoms with van der Waals surface area (Å²) in [4.78, 5) is 5.82. The smallest absolute Gasteiger partial charge is 0.139 e. The number of para-hydroxylation sites is 2. The van der Waals surface area contributed by atoms with Crippen molar-refractivity contribution in [1.29, 1.82) is 0 Å². The number of rotatable bonds is 4. The van der Waals surface area contributed by atoms with Gasteiger partial charge in [0.15, 0.2) is 0 Å². The third-order valence-corrected chi connectivity index (χ3v) is 6.24. The van der Waals surface area contributed by atoms with Crippen LogP contribution in [-0.4, -0.2) is 12.8 Å². The van der Waals surface area contributed by atoms with E-state index in [1.807, 2.05) is 0 Å². The Bertz CT molecular complexity index is 1510. The summed E-state index contributed by atoms with van der Waals surface area (Å²) < 4.78 is 0. The number of hydrogen-bond donors (Lipinski definition) is 1. The highest BCUT2D eigenvalue weighted by Crippen LogP contribution is 2.36. The second-order valence-electron chi connectivity index (χ2n) is 8.49. The van der Waals surface area contributed by atoms with E-state index in [9.17, 15) is 0 Å². The fourth-order valence-electron chi connectivity index (χ4n) is 4.59. The molecule has 0 atom stereocenters. The number of H-pyrrole nitrogens is 1. The second-order valence-corrected chi connectivity index (χ2v) is 8.49. The molecule has 0 saturated heterocycles. The molecule has 33 heavy (non-hydrogen) atoms. The molecule has 0 spiro atoms. The normalized spacial score (nSPS) is 11.2. The van der Waals surface area contributed by atoms with Crippen LogP contribution in [0.5, 0.6) is 0 Å². The van der Waals surface area contributed by atoms with Crippen LogP contribution in [0.25, 0.3) is 32.9 Å². The van der Waals surface area contributed by atoms with E-state index in [4.69, 9.17) is 0 Å². The maximum Gasteiger partial charge on any atom is 0.139 e. The predicted octanol–water partition coefficient (Wildman–Crippen LogP) is 6.72. The molecule has 6 rings (SSSR count). The summed E-state index contributed by atoms with van der Waals surface area (Å²) in [5.74, 6) is 0. The third-order valence-electron chi connectivity index (χ3n) is 6.24. The zero-order chi connectivity index (χ0) is 22.2. The third kappa shape index (κ3) is 3.58. The zero-order valence-electron chi connectivity index (χ0n) is 18.5. The monoisotopic (exact) mass is 422 g/mol. The van der Waals surface area contributed by atoms with Crippen LogP contribution in [-0.2, 0) is 0 Å². The van der Waals surface area contributed by atoms with Gasteiger partial charge >= 0.3 is 0 Å². The average molecular weight is 422 g/mol. The van der Waals surface area contributed by atoms with Gasteiger partial charge in [0.1, 0.15) is 7.85 Å². The molecule has 0 aliphatic heterocycles. The molecule has 0 amide bonds. The van der Waals surface area contributed by atoms with Crippen LogP contribution in [0.1, 0.15) is 0 Å². The predicted molar refractivity (Wildman–Crippen MR) is 144 cm³/mol. The van der Waals surface area contributed by atoms with E-state index in [0.717, 1.165) is 17.1 Å². The minimum absolute atomic E-state index is 1.14. The summed E-state index contributed by atoms with van der Waals surface area (Å²) in [6.45, 7) is 0. The SMILES string of the molecule is Bc1ccc2[nH]c3ccc(-c4ccc(N(c5ccccc5)c5ccccc5)cc4)cc3c2c1. The van der Waals surface area contributed by atoms with E-state index >= 15 is 0 Å². The van der Waals surface area contributed by atoms with Crippen molar-refractivity contribution in [1.82, 2.24) is 4.98 Å². The number of aromatic amines is 1. The van der Waals surface area contributed by atoms with Crippen molar-refractivity contribution >= 4 is 52.2 Å². The van der Waals surface area contributed by atoms with Crippen molar-refractivity contribution < 1.29 is 0 Å². The fourth-order valence-corrected chi connectivity index (χ4v) is 4.59. The summed E-state index contributed by atoms with van der Waals surface area (Å²) in [6.07, 6.45) is 0. The Morgan fingerprint density at radius 1 is 0.485 bits per heavy atom. The Balaban J connectivity index is 1.41. The van der Waals surface area contributed by atoms with Crippen molar-refractivity contribution in [2.45, 2.75) is 0 Å². The summed E-state index contributed by atoms with van der Waals surface area (Å²) in [6, 6.07) is 43.1. The molecule has 5 aromatic carbocycles. The van der Waals surface area contributed by atoms with E-state index in [0.29, 0.717) is 0 Å². The van der Waals surface area contributed by atoms with E-state index in [-0.39, 0.29) is 0 Å². The highest BCUT2D eigenvalue weighted by molar-refractivity contribution is 6.33. The van der Waals surface area contributed by atoms with Crippen LogP contribution in [0.2, 0.25) is 0 Å². The first-order valence-electron chi connectivity index (χ1n) is 11.3. The van der Waals surface area contributed by atoms with Gasteiger partial charge < -0.3 is 9.88 Å². The van der Waals surface area contributed by atoms with Gasteiger partial charge in [-0.1, -0.05) is 72.2 Å². The fraction of sp³-hybridized carbons (Fsp3) is 0. The maximum atomic E-state index is 3.54. The number of benzene rings is 5. The molecule has 0 aliphatic carbocycles. The molecule has 1 N–H and O–H groups in total. The lowest BCUT2D eigenvalue weighted by Crippen LogP contribution is -2.09. The summed E-state index contributed by atoms with van der Waals surface area (Å²) in [5.41, 5.74) is 9.50. The molecular formula is C30H23BN2. The average Bonchev–Trinajstić information content (AvgIpc) is 3.23. The molecule has 1 heterocycles. The van der Waals surface area contributed by atoms with Gasteiger partial charge in [-0.05, 0) is 65.7 Å². The molecule has 6 aromatic rings. The molecular weight excluding hydrogens is 399 g/mol. The number of nitrogens with one attached hydrogen (secondary N) is 1. The maximum absolute atomic E-state index is 3.54. The quantitative estimate of drug-likeness (QED) is 0.313. The van der Waals surface area contributed by atoms with Crippen molar-refractivity contribution in [2.75, 3.05) is 4.90 Å². The van der Waals surface area contributed by atoms with Crippen LogP contribution in [0.15, 0.2) is 121 Å². The van der Waals surface area contributed by atoms with Gasteiger partial charge in [0.25, 0.3) is 0 Å². The van der Waals surface area contributed by atoms with E-state index in [1.165, 1.54) is 38.4 Å². The Labute approximate surface area is 194 Å². The molecule has 0 bridgehead atoms. The Morgan fingerprint density at radius 3 is 1.64 bits per heavy atom. The van der Waals surface area contributed by atoms with Gasteiger partial charge in [-0.3, -0.25) is 0 Å². The number of aromatic nitrogens is 1. The minimum Gasteiger partial charge on any atom is -0.355 e. The van der Waals surface area contributed by atoms with Crippen LogP contribution < -0.4 is 10.4 Å². The molecule has 0 fully saturated rings. The van der Waals surface area contributed by atoms with Crippen molar-refractivity contribution in [3.05, 3.63) is 121 Å². The number of anilines is 3. The first kappa shape index (κ1) is 19.5. The Kier molecular flexibility index (Phi) is 4.73. The zero-order valence-corrected chi connectivity index (χ0v) is 18.5. The lowest BCUT2D eigenvalue weighted by Gasteiger charge is -2.25. The molecule has 1 aromatic heterocycles. The van der Waals surface area contributed by atoms with Gasteiger partial charge in [-0.15, -0.1) is 0 Å². The molecule has 156 valence electrons. The first-order valence-corrected chi connectivity index (χ1v) is 11.3. The number of fused-ring (bicyclic) bond motifs is 3. The number of hydrogen-bond acceptors (Lipinski definition) is 1. The highest BCUT2D eigenvalue weighted by Gasteiger charge is 2.12. The summed E-state index contributed by atoms with van der Waals surface area (Å²) in [7, 11) is 2.14. The lowest BCUT2D eigenvalue weighted by molar-refractivity contribution is 1.28. The minimum atomic E-state index is 1.14. The Morgan fingerprint density at radius 2 is 1.00 bits per heavy atom. The Hall–Kier alpha value is -4.24. The van der Waals surface area contributed by atoms with Gasteiger partial charge in [-0.2, -0.15) is 0 Å². The largest absolute Gasteiger partial charge is 0.355 e. The van der Waals surface area contributed by atoms with Gasteiger partial charge in [0.2, 0.25) is 0 Å². The van der Waals surface area contributed by atoms with Gasteiger partial charge in [0.05, 0.1) is 0 Å². The van der Waals surface area contributed by atoms with Gasteiger partial charge in [-0.25, -0.2) is 0 Å². The summed E-state index contributed by atoms with van der Waals surface area (Å²) >= 11 is 0. The topological polar surface area (TPSA) is 19.0 Å². The van der Waals surface area contributed by atoms with Crippen molar-refractivity contribution in [2.24, 2.45) is 0 Å². The second kappa shape index (κ2) is 8.03. The molecule has 3 heteroatoms. The van der Waals surface area contributed by atoms with Crippen LogP contribution in [0, 0.1) is 0 Å². The lowest BCUT2D eigenvalue weighted by atomic mass is 9.94. The van der Waals surface area contributed by atoms with E-state index < -0.39 is 0 Å². The molecule has 0 saturated carbocycles. The molecule has 0 aliphatic rings. The molecule has 0 unspecified atom stereocenters. The van der Waals surface area contributed by atoms with Gasteiger partial charge in [0, 0.05) is 38.9 Å². The molecule has 0 radical (unpaired) electrons. The van der Waals surface area contributed by atoms with E-state index in [1.54, 1.807) is 0 Å². The number of nitrogens with zero attached hydrogens (tertiary/aromatic N) is 1. The van der Waals surface area contributed by atoms with Crippen LogP contribution in [0.4, 0.5) is 17.1 Å². The van der Waals surface area contributed by atoms with E-state index in [2.05, 4.69) is 139 Å². The first-order chi connectivity index (χ1) is 16.3. The van der Waals surface area contributed by atoms with Crippen molar-refractivity contribution in [3.63, 3.8) is 0 Å². The summed E-state index contributed by atoms with van der Waals surface area (Å²) in [5, 5.41) is 2.55. The van der Waals surface area contributed by atoms with Crippen molar-refractivity contribution in [3.8, 4) is 11.1 Å². The van der Waals surface area contributed by atoms with Crippen LogP contribution >= 0.6 is 0 Å². The molecule has 2 nitrogen and oxygen atoms in total. The van der Waals surface area contributed by atoms with Crippen LogP contribution in [0.3, 0.4) is 0 Å².